The van der Waals surface area contributed by atoms with Crippen LogP contribution in [0.15, 0.2) is 33.9 Å². The topological polar surface area (TPSA) is 69.8 Å². The highest BCUT2D eigenvalue weighted by atomic mass is 35.5. The Morgan fingerprint density at radius 1 is 1.00 bits per heavy atom. The van der Waals surface area contributed by atoms with Crippen molar-refractivity contribution in [3.8, 4) is 0 Å². The molecule has 0 amide bonds. The van der Waals surface area contributed by atoms with Crippen molar-refractivity contribution < 1.29 is 0 Å². The molecule has 7 heteroatoms. The first-order valence-electron chi connectivity index (χ1n) is 8.15. The highest BCUT2D eigenvalue weighted by Crippen LogP contribution is 2.11. The number of rotatable bonds is 4. The quantitative estimate of drug-likeness (QED) is 0.719. The monoisotopic (exact) mass is 358 g/mol. The van der Waals surface area contributed by atoms with Gasteiger partial charge in [-0.15, -0.1) is 0 Å². The molecule has 2 aromatic heterocycles. The van der Waals surface area contributed by atoms with Crippen LogP contribution in [0.25, 0.3) is 11.2 Å². The summed E-state index contributed by atoms with van der Waals surface area (Å²) >= 11 is 5.90. The zero-order chi connectivity index (χ0) is 18.1. The average Bonchev–Trinajstić information content (AvgIpc) is 2.59. The van der Waals surface area contributed by atoms with E-state index in [9.17, 15) is 9.59 Å². The highest BCUT2D eigenvalue weighted by molar-refractivity contribution is 6.30. The highest BCUT2D eigenvalue weighted by Gasteiger charge is 2.16. The molecule has 0 radical (unpaired) electrons. The van der Waals surface area contributed by atoms with E-state index in [0.717, 1.165) is 12.0 Å². The van der Waals surface area contributed by atoms with Crippen LogP contribution >= 0.6 is 11.6 Å². The number of nitrogens with zero attached hydrogens (tertiary/aromatic N) is 4. The average molecular weight is 359 g/mol. The lowest BCUT2D eigenvalue weighted by Gasteiger charge is -2.13. The maximum absolute atomic E-state index is 12.9. The van der Waals surface area contributed by atoms with Gasteiger partial charge in [-0.2, -0.15) is 0 Å². The van der Waals surface area contributed by atoms with Gasteiger partial charge in [-0.25, -0.2) is 14.8 Å². The predicted molar refractivity (Wildman–Crippen MR) is 98.4 cm³/mol. The van der Waals surface area contributed by atoms with Crippen LogP contribution in [-0.4, -0.2) is 19.1 Å². The maximum atomic E-state index is 12.9. The van der Waals surface area contributed by atoms with Gasteiger partial charge < -0.3 is 0 Å². The van der Waals surface area contributed by atoms with Gasteiger partial charge >= 0.3 is 5.69 Å². The first kappa shape index (κ1) is 17.4. The smallest absolute Gasteiger partial charge is 0.276 e. The first-order chi connectivity index (χ1) is 11.9. The van der Waals surface area contributed by atoms with Crippen molar-refractivity contribution in [2.75, 3.05) is 0 Å². The van der Waals surface area contributed by atoms with E-state index in [4.69, 9.17) is 11.6 Å². The Labute approximate surface area is 149 Å². The number of halogens is 1. The summed E-state index contributed by atoms with van der Waals surface area (Å²) in [7, 11) is 0. The van der Waals surface area contributed by atoms with Gasteiger partial charge in [0, 0.05) is 11.6 Å². The summed E-state index contributed by atoms with van der Waals surface area (Å²) in [4.78, 5) is 34.6. The summed E-state index contributed by atoms with van der Waals surface area (Å²) < 4.78 is 2.75. The largest absolute Gasteiger partial charge is 0.333 e. The Morgan fingerprint density at radius 2 is 1.64 bits per heavy atom. The lowest BCUT2D eigenvalue weighted by Crippen LogP contribution is -2.41. The summed E-state index contributed by atoms with van der Waals surface area (Å²) in [6.45, 7) is 6.25. The normalized spacial score (nSPS) is 11.2. The maximum Gasteiger partial charge on any atom is 0.333 e. The Morgan fingerprint density at radius 3 is 2.28 bits per heavy atom. The number of hydrogen-bond donors (Lipinski definition) is 0. The van der Waals surface area contributed by atoms with Crippen LogP contribution in [-0.2, 0) is 13.1 Å². The SMILES string of the molecule is CCCn1c(=O)n(Cc2ccc(Cl)cc2)c(=O)c2nc(C)c(C)nc21. The Balaban J connectivity index is 2.28. The third-order valence-electron chi connectivity index (χ3n) is 4.15. The van der Waals surface area contributed by atoms with Gasteiger partial charge in [-0.05, 0) is 38.0 Å². The molecule has 0 N–H and O–H groups in total. The van der Waals surface area contributed by atoms with Crippen LogP contribution < -0.4 is 11.2 Å². The Kier molecular flexibility index (Phi) is 4.72. The molecule has 0 atom stereocenters. The number of hydrogen-bond acceptors (Lipinski definition) is 4. The van der Waals surface area contributed by atoms with Crippen molar-refractivity contribution in [1.82, 2.24) is 19.1 Å². The molecular weight excluding hydrogens is 340 g/mol. The van der Waals surface area contributed by atoms with Crippen molar-refractivity contribution in [2.45, 2.75) is 40.3 Å². The van der Waals surface area contributed by atoms with Crippen LogP contribution in [0.5, 0.6) is 0 Å². The van der Waals surface area contributed by atoms with Gasteiger partial charge in [-0.3, -0.25) is 13.9 Å². The molecular formula is C18H19ClN4O2. The Hall–Kier alpha value is -2.47. The minimum atomic E-state index is -0.419. The van der Waals surface area contributed by atoms with Crippen molar-refractivity contribution in [2.24, 2.45) is 0 Å². The Bertz CT molecular complexity index is 1050. The van der Waals surface area contributed by atoms with Crippen LogP contribution in [0.2, 0.25) is 5.02 Å². The van der Waals surface area contributed by atoms with E-state index in [2.05, 4.69) is 9.97 Å². The van der Waals surface area contributed by atoms with Gasteiger partial charge in [0.25, 0.3) is 5.56 Å². The molecule has 0 aliphatic rings. The van der Waals surface area contributed by atoms with Crippen molar-refractivity contribution >= 4 is 22.8 Å². The predicted octanol–water partition coefficient (Wildman–Crippen LogP) is 2.68. The molecule has 0 saturated heterocycles. The van der Waals surface area contributed by atoms with Crippen molar-refractivity contribution in [1.29, 1.82) is 0 Å². The molecule has 0 unspecified atom stereocenters. The van der Waals surface area contributed by atoms with Crippen LogP contribution in [0.1, 0.15) is 30.3 Å². The molecule has 3 aromatic rings. The molecule has 2 heterocycles. The fraction of sp³-hybridized carbons (Fsp3) is 0.333. The fourth-order valence-corrected chi connectivity index (χ4v) is 2.84. The molecule has 0 bridgehead atoms. The van der Waals surface area contributed by atoms with Crippen LogP contribution in [0.3, 0.4) is 0 Å². The molecule has 1 aromatic carbocycles. The van der Waals surface area contributed by atoms with Gasteiger partial charge in [-0.1, -0.05) is 30.7 Å². The molecule has 0 saturated carbocycles. The van der Waals surface area contributed by atoms with E-state index in [1.165, 1.54) is 9.13 Å². The van der Waals surface area contributed by atoms with Crippen molar-refractivity contribution in [3.05, 3.63) is 67.1 Å². The minimum absolute atomic E-state index is 0.170. The molecule has 0 aliphatic heterocycles. The summed E-state index contributed by atoms with van der Waals surface area (Å²) in [6.07, 6.45) is 0.753. The lowest BCUT2D eigenvalue weighted by atomic mass is 10.2. The molecule has 130 valence electrons. The number of fused-ring (bicyclic) bond motifs is 1. The van der Waals surface area contributed by atoms with Gasteiger partial charge in [0.05, 0.1) is 17.9 Å². The molecule has 0 spiro atoms. The summed E-state index contributed by atoms with van der Waals surface area (Å²) in [6, 6.07) is 7.07. The molecule has 25 heavy (non-hydrogen) atoms. The lowest BCUT2D eigenvalue weighted by molar-refractivity contribution is 0.586. The second-order valence-corrected chi connectivity index (χ2v) is 6.46. The zero-order valence-corrected chi connectivity index (χ0v) is 15.2. The van der Waals surface area contributed by atoms with Gasteiger partial charge in [0.15, 0.2) is 11.2 Å². The van der Waals surface area contributed by atoms with Crippen LogP contribution in [0, 0.1) is 13.8 Å². The summed E-state index contributed by atoms with van der Waals surface area (Å²) in [5, 5.41) is 0.606. The van der Waals surface area contributed by atoms with E-state index in [-0.39, 0.29) is 17.8 Å². The standard InChI is InChI=1S/C18H19ClN4O2/c1-4-9-22-16-15(20-11(2)12(3)21-16)17(24)23(18(22)25)10-13-5-7-14(19)8-6-13/h5-8H,4,9-10H2,1-3H3. The third-order valence-corrected chi connectivity index (χ3v) is 4.41. The van der Waals surface area contributed by atoms with E-state index >= 15 is 0 Å². The second kappa shape index (κ2) is 6.80. The molecule has 0 fully saturated rings. The zero-order valence-electron chi connectivity index (χ0n) is 14.4. The van der Waals surface area contributed by atoms with Gasteiger partial charge in [0.1, 0.15) is 0 Å². The van der Waals surface area contributed by atoms with E-state index in [1.807, 2.05) is 13.8 Å². The van der Waals surface area contributed by atoms with Gasteiger partial charge in [0.2, 0.25) is 0 Å². The summed E-state index contributed by atoms with van der Waals surface area (Å²) in [5.74, 6) is 0. The second-order valence-electron chi connectivity index (χ2n) is 6.02. The molecule has 6 nitrogen and oxygen atoms in total. The fourth-order valence-electron chi connectivity index (χ4n) is 2.71. The number of aryl methyl sites for hydroxylation is 3. The van der Waals surface area contributed by atoms with E-state index in [0.29, 0.717) is 28.6 Å². The number of aromatic nitrogens is 4. The van der Waals surface area contributed by atoms with E-state index in [1.54, 1.807) is 31.2 Å². The first-order valence-corrected chi connectivity index (χ1v) is 8.53. The number of benzene rings is 1. The molecule has 3 rings (SSSR count). The third kappa shape index (κ3) is 3.22. The molecule has 0 aliphatic carbocycles. The van der Waals surface area contributed by atoms with Crippen LogP contribution in [0.4, 0.5) is 0 Å². The minimum Gasteiger partial charge on any atom is -0.276 e. The summed E-state index contributed by atoms with van der Waals surface area (Å²) in [5.41, 5.74) is 2.01. The van der Waals surface area contributed by atoms with Crippen molar-refractivity contribution in [3.63, 3.8) is 0 Å². The van der Waals surface area contributed by atoms with E-state index < -0.39 is 5.56 Å².